The van der Waals surface area contributed by atoms with Crippen molar-refractivity contribution >= 4 is 34.9 Å². The zero-order valence-corrected chi connectivity index (χ0v) is 19.2. The second-order valence-corrected chi connectivity index (χ2v) is 8.45. The van der Waals surface area contributed by atoms with E-state index in [1.54, 1.807) is 36.4 Å². The van der Waals surface area contributed by atoms with Gasteiger partial charge in [-0.25, -0.2) is 4.79 Å². The molecule has 3 aromatic rings. The van der Waals surface area contributed by atoms with Crippen molar-refractivity contribution in [3.63, 3.8) is 0 Å². The van der Waals surface area contributed by atoms with Crippen molar-refractivity contribution in [1.29, 1.82) is 0 Å². The van der Waals surface area contributed by atoms with Gasteiger partial charge in [-0.15, -0.1) is 0 Å². The fourth-order valence-corrected chi connectivity index (χ4v) is 3.97. The van der Waals surface area contributed by atoms with Gasteiger partial charge in [0.05, 0.1) is 5.56 Å². The van der Waals surface area contributed by atoms with Crippen LogP contribution in [0.25, 0.3) is 0 Å². The minimum Gasteiger partial charge on any atom is -0.454 e. The quantitative estimate of drug-likeness (QED) is 0.387. The maximum Gasteiger partial charge on any atom is 0.416 e. The van der Waals surface area contributed by atoms with E-state index in [-0.39, 0.29) is 25.6 Å². The first-order valence-corrected chi connectivity index (χ1v) is 11.0. The number of nitrogens with zero attached hydrogens (tertiary/aromatic N) is 1. The van der Waals surface area contributed by atoms with Crippen LogP contribution in [0.5, 0.6) is 11.5 Å². The standard InChI is InChI=1S/C24H19Cl2F3N2O3/c25-18-6-5-16(20(26)12-18)8-9-31(13-15-4-7-21-22(10-15)34-14-33-21)23(32)30-19-3-1-2-17(11-19)24(27,28)29/h1-7,10-12H,8-9,13-14H2,(H,30,32). The van der Waals surface area contributed by atoms with E-state index >= 15 is 0 Å². The number of urea groups is 1. The maximum atomic E-state index is 13.1. The van der Waals surface area contributed by atoms with Crippen LogP contribution < -0.4 is 14.8 Å². The van der Waals surface area contributed by atoms with Crippen LogP contribution in [0.3, 0.4) is 0 Å². The largest absolute Gasteiger partial charge is 0.454 e. The highest BCUT2D eigenvalue weighted by atomic mass is 35.5. The van der Waals surface area contributed by atoms with Crippen LogP contribution in [0, 0.1) is 0 Å². The monoisotopic (exact) mass is 510 g/mol. The first kappa shape index (κ1) is 24.0. The Labute approximate surface area is 204 Å². The Morgan fingerprint density at radius 2 is 1.79 bits per heavy atom. The second kappa shape index (κ2) is 10.0. The topological polar surface area (TPSA) is 50.8 Å². The zero-order valence-electron chi connectivity index (χ0n) is 17.7. The fourth-order valence-electron chi connectivity index (χ4n) is 3.47. The molecule has 0 saturated carbocycles. The van der Waals surface area contributed by atoms with Crippen LogP contribution in [0.15, 0.2) is 60.7 Å². The predicted octanol–water partition coefficient (Wildman–Crippen LogP) is 7.02. The SMILES string of the molecule is O=C(Nc1cccc(C(F)(F)F)c1)N(CCc1ccc(Cl)cc1Cl)Cc1ccc2c(c1)OCO2. The summed E-state index contributed by atoms with van der Waals surface area (Å²) >= 11 is 12.2. The molecule has 10 heteroatoms. The normalized spacial score (nSPS) is 12.5. The molecule has 0 aliphatic carbocycles. The Hall–Kier alpha value is -3.10. The molecule has 1 heterocycles. The molecule has 0 aromatic heterocycles. The minimum absolute atomic E-state index is 0.0417. The highest BCUT2D eigenvalue weighted by Gasteiger charge is 2.30. The van der Waals surface area contributed by atoms with Crippen molar-refractivity contribution < 1.29 is 27.4 Å². The molecule has 34 heavy (non-hydrogen) atoms. The van der Waals surface area contributed by atoms with Gasteiger partial charge in [-0.3, -0.25) is 0 Å². The molecule has 0 bridgehead atoms. The molecule has 1 aliphatic rings. The summed E-state index contributed by atoms with van der Waals surface area (Å²) in [5, 5.41) is 3.52. The summed E-state index contributed by atoms with van der Waals surface area (Å²) in [4.78, 5) is 14.6. The van der Waals surface area contributed by atoms with Crippen LogP contribution in [0.2, 0.25) is 10.0 Å². The Balaban J connectivity index is 1.54. The molecule has 178 valence electrons. The van der Waals surface area contributed by atoms with Gasteiger partial charge in [0.25, 0.3) is 0 Å². The fraction of sp³-hybridized carbons (Fsp3) is 0.208. The number of halogens is 5. The van der Waals surface area contributed by atoms with Crippen LogP contribution in [-0.2, 0) is 19.1 Å². The molecule has 5 nitrogen and oxygen atoms in total. The minimum atomic E-state index is -4.52. The van der Waals surface area contributed by atoms with Crippen molar-refractivity contribution in [2.75, 3.05) is 18.7 Å². The number of alkyl halides is 3. The van der Waals surface area contributed by atoms with Gasteiger partial charge < -0.3 is 19.7 Å². The van der Waals surface area contributed by atoms with Crippen molar-refractivity contribution in [3.8, 4) is 11.5 Å². The van der Waals surface area contributed by atoms with E-state index in [1.807, 2.05) is 0 Å². The maximum absolute atomic E-state index is 13.1. The van der Waals surface area contributed by atoms with Crippen molar-refractivity contribution in [3.05, 3.63) is 87.4 Å². The lowest BCUT2D eigenvalue weighted by Crippen LogP contribution is -2.36. The Morgan fingerprint density at radius 1 is 1.00 bits per heavy atom. The molecule has 3 aromatic carbocycles. The average Bonchev–Trinajstić information content (AvgIpc) is 3.25. The first-order valence-electron chi connectivity index (χ1n) is 10.2. The van der Waals surface area contributed by atoms with Gasteiger partial charge in [0, 0.05) is 28.8 Å². The number of ether oxygens (including phenoxy) is 2. The van der Waals surface area contributed by atoms with Crippen LogP contribution in [0.1, 0.15) is 16.7 Å². The third-order valence-corrected chi connectivity index (χ3v) is 5.79. The van der Waals surface area contributed by atoms with Crippen molar-refractivity contribution in [2.24, 2.45) is 0 Å². The Kier molecular flexibility index (Phi) is 7.09. The van der Waals surface area contributed by atoms with Gasteiger partial charge in [-0.05, 0) is 60.0 Å². The van der Waals surface area contributed by atoms with Crippen LogP contribution in [-0.4, -0.2) is 24.3 Å². The molecular weight excluding hydrogens is 492 g/mol. The summed E-state index contributed by atoms with van der Waals surface area (Å²) in [7, 11) is 0. The molecule has 0 saturated heterocycles. The molecule has 1 N–H and O–H groups in total. The smallest absolute Gasteiger partial charge is 0.416 e. The lowest BCUT2D eigenvalue weighted by molar-refractivity contribution is -0.137. The van der Waals surface area contributed by atoms with Crippen LogP contribution in [0.4, 0.5) is 23.7 Å². The van der Waals surface area contributed by atoms with E-state index in [1.165, 1.54) is 17.0 Å². The molecule has 0 radical (unpaired) electrons. The van der Waals surface area contributed by atoms with Crippen molar-refractivity contribution in [1.82, 2.24) is 4.90 Å². The van der Waals surface area contributed by atoms with E-state index in [0.717, 1.165) is 23.3 Å². The van der Waals surface area contributed by atoms with E-state index in [4.69, 9.17) is 32.7 Å². The highest BCUT2D eigenvalue weighted by molar-refractivity contribution is 6.35. The number of carbonyl (C=O) groups excluding carboxylic acids is 1. The van der Waals surface area contributed by atoms with Crippen molar-refractivity contribution in [2.45, 2.75) is 19.1 Å². The molecule has 0 atom stereocenters. The first-order chi connectivity index (χ1) is 16.2. The number of benzene rings is 3. The third kappa shape index (κ3) is 5.87. The molecular formula is C24H19Cl2F3N2O3. The molecule has 0 spiro atoms. The van der Waals surface area contributed by atoms with Gasteiger partial charge in [0.2, 0.25) is 6.79 Å². The van der Waals surface area contributed by atoms with E-state index < -0.39 is 17.8 Å². The lowest BCUT2D eigenvalue weighted by atomic mass is 10.1. The van der Waals surface area contributed by atoms with Gasteiger partial charge in [-0.2, -0.15) is 13.2 Å². The van der Waals surface area contributed by atoms with E-state index in [0.29, 0.717) is 28.0 Å². The molecule has 0 fully saturated rings. The number of hydrogen-bond donors (Lipinski definition) is 1. The van der Waals surface area contributed by atoms with Crippen LogP contribution >= 0.6 is 23.2 Å². The highest BCUT2D eigenvalue weighted by Crippen LogP contribution is 2.33. The number of carbonyl (C=O) groups is 1. The number of amides is 2. The zero-order chi connectivity index (χ0) is 24.3. The molecule has 0 unspecified atom stereocenters. The molecule has 1 aliphatic heterocycles. The summed E-state index contributed by atoms with van der Waals surface area (Å²) in [5.74, 6) is 1.17. The summed E-state index contributed by atoms with van der Waals surface area (Å²) in [5.41, 5.74) is 0.750. The summed E-state index contributed by atoms with van der Waals surface area (Å²) in [6, 6.07) is 14.3. The molecule has 2 amide bonds. The average molecular weight is 511 g/mol. The number of anilines is 1. The Bertz CT molecular complexity index is 1200. The van der Waals surface area contributed by atoms with Gasteiger partial charge in [-0.1, -0.05) is 41.4 Å². The lowest BCUT2D eigenvalue weighted by Gasteiger charge is -2.24. The predicted molar refractivity (Wildman–Crippen MR) is 124 cm³/mol. The number of fused-ring (bicyclic) bond motifs is 1. The van der Waals surface area contributed by atoms with E-state index in [2.05, 4.69) is 5.32 Å². The molecule has 4 rings (SSSR count). The van der Waals surface area contributed by atoms with Gasteiger partial charge in [0.1, 0.15) is 0 Å². The summed E-state index contributed by atoms with van der Waals surface area (Å²) < 4.78 is 49.9. The van der Waals surface area contributed by atoms with E-state index in [9.17, 15) is 18.0 Å². The summed E-state index contributed by atoms with van der Waals surface area (Å²) in [6.45, 7) is 0.556. The van der Waals surface area contributed by atoms with Gasteiger partial charge in [0.15, 0.2) is 11.5 Å². The second-order valence-electron chi connectivity index (χ2n) is 7.60. The van der Waals surface area contributed by atoms with Gasteiger partial charge >= 0.3 is 12.2 Å². The third-order valence-electron chi connectivity index (χ3n) is 5.20. The number of nitrogens with one attached hydrogen (secondary N) is 1. The Morgan fingerprint density at radius 3 is 2.56 bits per heavy atom. The summed E-state index contributed by atoms with van der Waals surface area (Å²) in [6.07, 6.45) is -4.10. The number of hydrogen-bond acceptors (Lipinski definition) is 3. The number of rotatable bonds is 6.